The Labute approximate surface area is 153 Å². The monoisotopic (exact) mass is 370 g/mol. The molecule has 0 unspecified atom stereocenters. The number of carbonyl (C=O) groups excluding carboxylic acids is 2. The van der Waals surface area contributed by atoms with Gasteiger partial charge in [0.15, 0.2) is 5.69 Å². The number of rotatable bonds is 4. The van der Waals surface area contributed by atoms with Crippen LogP contribution in [0, 0.1) is 6.92 Å². The number of hydrazine groups is 1. The van der Waals surface area contributed by atoms with E-state index in [1.54, 1.807) is 24.3 Å². The molecule has 0 aliphatic carbocycles. The van der Waals surface area contributed by atoms with Crippen LogP contribution in [-0.4, -0.2) is 21.6 Å². The highest BCUT2D eigenvalue weighted by atomic mass is 32.1. The Hall–Kier alpha value is -3.00. The summed E-state index contributed by atoms with van der Waals surface area (Å²) in [6, 6.07) is 8.63. The molecule has 2 N–H and O–H groups in total. The Balaban J connectivity index is 1.90. The largest absolute Gasteiger partial charge is 0.290 e. The van der Waals surface area contributed by atoms with Gasteiger partial charge >= 0.3 is 0 Å². The number of fused-ring (bicyclic) bond motifs is 1. The van der Waals surface area contributed by atoms with Crippen molar-refractivity contribution in [2.75, 3.05) is 0 Å². The average molecular weight is 370 g/mol. The van der Waals surface area contributed by atoms with Crippen LogP contribution in [0.3, 0.4) is 0 Å². The molecule has 134 valence electrons. The fraction of sp³-hybridized carbons (Fsp3) is 0.222. The van der Waals surface area contributed by atoms with Crippen LogP contribution in [0.4, 0.5) is 0 Å². The zero-order chi connectivity index (χ0) is 18.7. The van der Waals surface area contributed by atoms with E-state index in [1.807, 2.05) is 25.3 Å². The van der Waals surface area contributed by atoms with Crippen molar-refractivity contribution in [1.82, 2.24) is 20.6 Å². The molecule has 8 heteroatoms. The average Bonchev–Trinajstić information content (AvgIpc) is 3.08. The Morgan fingerprint density at radius 3 is 2.46 bits per heavy atom. The molecule has 2 heterocycles. The highest BCUT2D eigenvalue weighted by molar-refractivity contribution is 7.12. The molecule has 0 radical (unpaired) electrons. The third-order valence-electron chi connectivity index (χ3n) is 3.88. The summed E-state index contributed by atoms with van der Waals surface area (Å²) in [4.78, 5) is 37.7. The number of benzene rings is 1. The maximum absolute atomic E-state index is 12.6. The van der Waals surface area contributed by atoms with Crippen molar-refractivity contribution in [1.29, 1.82) is 0 Å². The lowest BCUT2D eigenvalue weighted by Crippen LogP contribution is -2.42. The van der Waals surface area contributed by atoms with Crippen LogP contribution in [0.25, 0.3) is 10.8 Å². The lowest BCUT2D eigenvalue weighted by Gasteiger charge is -2.11. The van der Waals surface area contributed by atoms with Crippen LogP contribution >= 0.6 is 11.3 Å². The van der Waals surface area contributed by atoms with E-state index in [2.05, 4.69) is 16.0 Å². The van der Waals surface area contributed by atoms with Gasteiger partial charge in [-0.3, -0.25) is 25.2 Å². The van der Waals surface area contributed by atoms with Crippen LogP contribution in [0.2, 0.25) is 0 Å². The molecule has 0 saturated carbocycles. The molecule has 0 saturated heterocycles. The van der Waals surface area contributed by atoms with Crippen LogP contribution in [0.15, 0.2) is 40.5 Å². The summed E-state index contributed by atoms with van der Waals surface area (Å²) in [6.07, 6.45) is 0.709. The summed E-state index contributed by atoms with van der Waals surface area (Å²) in [5.41, 5.74) is 5.48. The highest BCUT2D eigenvalue weighted by Gasteiger charge is 2.18. The number of nitrogens with one attached hydrogen (secondary N) is 2. The number of hydrogen-bond donors (Lipinski definition) is 2. The fourth-order valence-electron chi connectivity index (χ4n) is 2.60. The molecule has 0 atom stereocenters. The molecule has 1 aromatic carbocycles. The van der Waals surface area contributed by atoms with E-state index in [9.17, 15) is 14.4 Å². The van der Waals surface area contributed by atoms with Crippen molar-refractivity contribution in [3.8, 4) is 0 Å². The van der Waals surface area contributed by atoms with Gasteiger partial charge in [-0.15, -0.1) is 11.3 Å². The van der Waals surface area contributed by atoms with Crippen LogP contribution in [0.1, 0.15) is 39.1 Å². The summed E-state index contributed by atoms with van der Waals surface area (Å²) < 4.78 is 1.28. The summed E-state index contributed by atoms with van der Waals surface area (Å²) in [5, 5.41) is 6.87. The topological polar surface area (TPSA) is 93.1 Å². The molecular formula is C18H18N4O3S. The lowest BCUT2D eigenvalue weighted by atomic mass is 10.1. The molecule has 0 fully saturated rings. The summed E-state index contributed by atoms with van der Waals surface area (Å²) in [7, 11) is 0. The molecule has 0 aliphatic rings. The van der Waals surface area contributed by atoms with Crippen LogP contribution in [-0.2, 0) is 6.54 Å². The van der Waals surface area contributed by atoms with Gasteiger partial charge in [0.2, 0.25) is 0 Å². The highest BCUT2D eigenvalue weighted by Crippen LogP contribution is 2.15. The molecule has 2 amide bonds. The van der Waals surface area contributed by atoms with Gasteiger partial charge < -0.3 is 0 Å². The predicted octanol–water partition coefficient (Wildman–Crippen LogP) is 2.25. The van der Waals surface area contributed by atoms with Gasteiger partial charge in [-0.2, -0.15) is 5.10 Å². The quantitative estimate of drug-likeness (QED) is 0.689. The molecule has 3 aromatic rings. The minimum Gasteiger partial charge on any atom is -0.267 e. The summed E-state index contributed by atoms with van der Waals surface area (Å²) in [6.45, 7) is 4.15. The van der Waals surface area contributed by atoms with Crippen molar-refractivity contribution in [3.05, 3.63) is 62.2 Å². The van der Waals surface area contributed by atoms with E-state index in [1.165, 1.54) is 16.0 Å². The maximum Gasteiger partial charge on any atom is 0.290 e. The van der Waals surface area contributed by atoms with Crippen molar-refractivity contribution >= 4 is 33.9 Å². The molecule has 26 heavy (non-hydrogen) atoms. The fourth-order valence-corrected chi connectivity index (χ4v) is 3.42. The molecule has 2 aromatic heterocycles. The van der Waals surface area contributed by atoms with Gasteiger partial charge in [-0.1, -0.05) is 25.1 Å². The maximum atomic E-state index is 12.6. The predicted molar refractivity (Wildman–Crippen MR) is 100 cm³/mol. The minimum atomic E-state index is -0.575. The molecule has 0 spiro atoms. The molecule has 0 aliphatic heterocycles. The minimum absolute atomic E-state index is 0.0943. The van der Waals surface area contributed by atoms with Crippen molar-refractivity contribution < 1.29 is 9.59 Å². The van der Waals surface area contributed by atoms with Gasteiger partial charge in [-0.25, -0.2) is 4.68 Å². The van der Waals surface area contributed by atoms with E-state index in [0.717, 1.165) is 5.56 Å². The number of nitrogens with zero attached hydrogens (tertiary/aromatic N) is 2. The van der Waals surface area contributed by atoms with Gasteiger partial charge in [-0.05, 0) is 36.4 Å². The second-order valence-corrected chi connectivity index (χ2v) is 6.68. The lowest BCUT2D eigenvalue weighted by molar-refractivity contribution is 0.0845. The van der Waals surface area contributed by atoms with Gasteiger partial charge in [0.05, 0.1) is 10.3 Å². The first kappa shape index (κ1) is 17.8. The molecular weight excluding hydrogens is 352 g/mol. The first-order chi connectivity index (χ1) is 12.5. The first-order valence-corrected chi connectivity index (χ1v) is 9.05. The number of hydrogen-bond acceptors (Lipinski definition) is 5. The van der Waals surface area contributed by atoms with Crippen molar-refractivity contribution in [2.45, 2.75) is 26.8 Å². The summed E-state index contributed by atoms with van der Waals surface area (Å²) in [5.74, 6) is -0.967. The number of thiophene rings is 1. The van der Waals surface area contributed by atoms with Crippen molar-refractivity contribution in [2.24, 2.45) is 0 Å². The smallest absolute Gasteiger partial charge is 0.267 e. The second kappa shape index (κ2) is 7.49. The Morgan fingerprint density at radius 1 is 1.12 bits per heavy atom. The third kappa shape index (κ3) is 3.36. The Bertz CT molecular complexity index is 1040. The SMILES string of the molecule is CCCn1nc(C(=O)NNC(=O)c2sccc2C)c2ccccc2c1=O. The van der Waals surface area contributed by atoms with E-state index in [-0.39, 0.29) is 11.3 Å². The van der Waals surface area contributed by atoms with Crippen LogP contribution < -0.4 is 16.4 Å². The second-order valence-electron chi connectivity index (χ2n) is 5.76. The standard InChI is InChI=1S/C18H18N4O3S/c1-3-9-22-18(25)13-7-5-4-6-12(13)14(21-22)16(23)19-20-17(24)15-11(2)8-10-26-15/h4-8,10H,3,9H2,1-2H3,(H,19,23)(H,20,24). The van der Waals surface area contributed by atoms with E-state index >= 15 is 0 Å². The normalized spacial score (nSPS) is 10.7. The third-order valence-corrected chi connectivity index (χ3v) is 4.89. The molecule has 3 rings (SSSR count). The summed E-state index contributed by atoms with van der Waals surface area (Å²) >= 11 is 1.29. The Kier molecular flexibility index (Phi) is 5.13. The Morgan fingerprint density at radius 2 is 1.81 bits per heavy atom. The van der Waals surface area contributed by atoms with E-state index in [0.29, 0.717) is 28.6 Å². The van der Waals surface area contributed by atoms with Crippen LogP contribution in [0.5, 0.6) is 0 Å². The molecule has 0 bridgehead atoms. The molecule has 7 nitrogen and oxygen atoms in total. The van der Waals surface area contributed by atoms with E-state index < -0.39 is 11.8 Å². The van der Waals surface area contributed by atoms with E-state index in [4.69, 9.17) is 0 Å². The number of aromatic nitrogens is 2. The zero-order valence-electron chi connectivity index (χ0n) is 14.4. The first-order valence-electron chi connectivity index (χ1n) is 8.17. The number of aryl methyl sites for hydroxylation is 2. The zero-order valence-corrected chi connectivity index (χ0v) is 15.2. The van der Waals surface area contributed by atoms with Gasteiger partial charge in [0.25, 0.3) is 17.4 Å². The van der Waals surface area contributed by atoms with Gasteiger partial charge in [0.1, 0.15) is 0 Å². The van der Waals surface area contributed by atoms with Crippen molar-refractivity contribution in [3.63, 3.8) is 0 Å². The number of carbonyl (C=O) groups is 2. The van der Waals surface area contributed by atoms with Gasteiger partial charge in [0, 0.05) is 11.9 Å². The number of amides is 2.